The Morgan fingerprint density at radius 3 is 2.62 bits per heavy atom. The molecular weight excluding hydrogens is 365 g/mol. The van der Waals surface area contributed by atoms with Crippen molar-refractivity contribution in [3.05, 3.63) is 58.1 Å². The summed E-state index contributed by atoms with van der Waals surface area (Å²) in [6.07, 6.45) is 0. The first-order chi connectivity index (χ1) is 11.6. The highest BCUT2D eigenvalue weighted by Crippen LogP contribution is 2.33. The van der Waals surface area contributed by atoms with Crippen LogP contribution in [0.1, 0.15) is 5.56 Å². The highest BCUT2D eigenvalue weighted by Gasteiger charge is 2.16. The fraction of sp³-hybridized carbons (Fsp3) is 0.176. The molecule has 4 nitrogen and oxygen atoms in total. The van der Waals surface area contributed by atoms with Crippen molar-refractivity contribution in [1.82, 2.24) is 14.8 Å². The Kier molecular flexibility index (Phi) is 5.33. The second-order valence-corrected chi connectivity index (χ2v) is 6.94. The molecule has 0 N–H and O–H groups in total. The van der Waals surface area contributed by atoms with Crippen molar-refractivity contribution in [3.63, 3.8) is 0 Å². The van der Waals surface area contributed by atoms with Gasteiger partial charge in [-0.3, -0.25) is 0 Å². The van der Waals surface area contributed by atoms with E-state index in [2.05, 4.69) is 10.2 Å². The summed E-state index contributed by atoms with van der Waals surface area (Å²) in [5, 5.41) is 10.7. The molecule has 2 aromatic carbocycles. The number of ether oxygens (including phenoxy) is 1. The molecule has 1 aromatic heterocycles. The summed E-state index contributed by atoms with van der Waals surface area (Å²) in [6, 6.07) is 13.2. The van der Waals surface area contributed by atoms with E-state index in [4.69, 9.17) is 27.9 Å². The maximum absolute atomic E-state index is 6.11. The van der Waals surface area contributed by atoms with Gasteiger partial charge in [-0.05, 0) is 35.9 Å². The van der Waals surface area contributed by atoms with Gasteiger partial charge in [-0.2, -0.15) is 0 Å². The van der Waals surface area contributed by atoms with Gasteiger partial charge in [0.2, 0.25) is 0 Å². The van der Waals surface area contributed by atoms with Gasteiger partial charge in [-0.25, -0.2) is 0 Å². The first-order valence-corrected chi connectivity index (χ1v) is 8.93. The molecule has 3 rings (SSSR count). The molecule has 0 bridgehead atoms. The monoisotopic (exact) mass is 379 g/mol. The summed E-state index contributed by atoms with van der Waals surface area (Å²) >= 11 is 13.7. The van der Waals surface area contributed by atoms with Crippen LogP contribution in [0.5, 0.6) is 5.75 Å². The van der Waals surface area contributed by atoms with E-state index in [0.29, 0.717) is 16.6 Å². The van der Waals surface area contributed by atoms with Crippen LogP contribution in [0.3, 0.4) is 0 Å². The van der Waals surface area contributed by atoms with Crippen molar-refractivity contribution in [3.8, 4) is 17.1 Å². The first kappa shape index (κ1) is 17.1. The fourth-order valence-corrected chi connectivity index (χ4v) is 3.54. The zero-order valence-corrected chi connectivity index (χ0v) is 15.5. The van der Waals surface area contributed by atoms with E-state index in [-0.39, 0.29) is 0 Å². The number of thioether (sulfide) groups is 1. The molecular formula is C17H15Cl2N3OS. The molecule has 0 spiro atoms. The summed E-state index contributed by atoms with van der Waals surface area (Å²) in [7, 11) is 3.55. The number of rotatable bonds is 5. The Balaban J connectivity index is 1.85. The van der Waals surface area contributed by atoms with Crippen LogP contribution < -0.4 is 4.74 Å². The summed E-state index contributed by atoms with van der Waals surface area (Å²) < 4.78 is 7.33. The Labute approximate surface area is 154 Å². The van der Waals surface area contributed by atoms with Gasteiger partial charge in [0.1, 0.15) is 5.75 Å². The minimum absolute atomic E-state index is 0.627. The zero-order chi connectivity index (χ0) is 17.1. The minimum Gasteiger partial charge on any atom is -0.496 e. The van der Waals surface area contributed by atoms with E-state index < -0.39 is 0 Å². The van der Waals surface area contributed by atoms with Gasteiger partial charge in [-0.1, -0.05) is 47.1 Å². The lowest BCUT2D eigenvalue weighted by Crippen LogP contribution is -1.97. The summed E-state index contributed by atoms with van der Waals surface area (Å²) in [4.78, 5) is 0. The van der Waals surface area contributed by atoms with Crippen LogP contribution in [0.15, 0.2) is 47.6 Å². The topological polar surface area (TPSA) is 39.9 Å². The molecule has 0 unspecified atom stereocenters. The van der Waals surface area contributed by atoms with Crippen LogP contribution in [-0.4, -0.2) is 21.9 Å². The van der Waals surface area contributed by atoms with E-state index in [1.165, 1.54) is 0 Å². The first-order valence-electron chi connectivity index (χ1n) is 7.19. The molecule has 0 aliphatic carbocycles. The average molecular weight is 380 g/mol. The lowest BCUT2D eigenvalue weighted by atomic mass is 10.2. The quantitative estimate of drug-likeness (QED) is 0.578. The standard InChI is InChI=1S/C17H15Cl2N3OS/c1-22-16(14-9-13(19)6-7-15(14)23-2)20-21-17(22)24-10-11-4-3-5-12(18)8-11/h3-9H,10H2,1-2H3. The Bertz CT molecular complexity index is 867. The van der Waals surface area contributed by atoms with Crippen molar-refractivity contribution in [2.45, 2.75) is 10.9 Å². The SMILES string of the molecule is COc1ccc(Cl)cc1-c1nnc(SCc2cccc(Cl)c2)n1C. The number of hydrogen-bond acceptors (Lipinski definition) is 4. The largest absolute Gasteiger partial charge is 0.496 e. The third kappa shape index (κ3) is 3.69. The maximum Gasteiger partial charge on any atom is 0.191 e. The molecule has 1 heterocycles. The third-order valence-corrected chi connectivity index (χ3v) is 5.06. The van der Waals surface area contributed by atoms with E-state index in [1.54, 1.807) is 24.9 Å². The number of methoxy groups -OCH3 is 1. The number of hydrogen-bond donors (Lipinski definition) is 0. The average Bonchev–Trinajstić information content (AvgIpc) is 2.93. The highest BCUT2D eigenvalue weighted by atomic mass is 35.5. The van der Waals surface area contributed by atoms with Crippen LogP contribution >= 0.6 is 35.0 Å². The number of halogens is 2. The van der Waals surface area contributed by atoms with Crippen molar-refractivity contribution in [2.75, 3.05) is 7.11 Å². The normalized spacial score (nSPS) is 10.8. The van der Waals surface area contributed by atoms with E-state index in [1.807, 2.05) is 48.0 Å². The lowest BCUT2D eigenvalue weighted by molar-refractivity contribution is 0.416. The second-order valence-electron chi connectivity index (χ2n) is 5.13. The molecule has 0 saturated carbocycles. The van der Waals surface area contributed by atoms with Gasteiger partial charge >= 0.3 is 0 Å². The Morgan fingerprint density at radius 2 is 1.88 bits per heavy atom. The molecule has 0 radical (unpaired) electrons. The molecule has 7 heteroatoms. The smallest absolute Gasteiger partial charge is 0.191 e. The van der Waals surface area contributed by atoms with Crippen molar-refractivity contribution < 1.29 is 4.74 Å². The molecule has 0 fully saturated rings. The summed E-state index contributed by atoms with van der Waals surface area (Å²) in [5.74, 6) is 2.18. The van der Waals surface area contributed by atoms with Crippen LogP contribution in [-0.2, 0) is 12.8 Å². The van der Waals surface area contributed by atoms with Gasteiger partial charge in [0.25, 0.3) is 0 Å². The summed E-state index contributed by atoms with van der Waals surface area (Å²) in [6.45, 7) is 0. The van der Waals surface area contributed by atoms with Gasteiger partial charge in [-0.15, -0.1) is 10.2 Å². The van der Waals surface area contributed by atoms with E-state index in [9.17, 15) is 0 Å². The van der Waals surface area contributed by atoms with Crippen LogP contribution in [0.4, 0.5) is 0 Å². The Hall–Kier alpha value is -1.69. The molecule has 0 amide bonds. The fourth-order valence-electron chi connectivity index (χ4n) is 2.30. The minimum atomic E-state index is 0.627. The third-order valence-electron chi connectivity index (χ3n) is 3.49. The van der Waals surface area contributed by atoms with Crippen molar-refractivity contribution in [2.24, 2.45) is 7.05 Å². The predicted octanol–water partition coefficient (Wildman–Crippen LogP) is 5.09. The van der Waals surface area contributed by atoms with Gasteiger partial charge < -0.3 is 9.30 Å². The molecule has 124 valence electrons. The van der Waals surface area contributed by atoms with E-state index >= 15 is 0 Å². The highest BCUT2D eigenvalue weighted by molar-refractivity contribution is 7.98. The van der Waals surface area contributed by atoms with Crippen molar-refractivity contribution >= 4 is 35.0 Å². The molecule has 24 heavy (non-hydrogen) atoms. The predicted molar refractivity (Wildman–Crippen MR) is 99.0 cm³/mol. The van der Waals surface area contributed by atoms with Crippen LogP contribution in [0.2, 0.25) is 10.0 Å². The van der Waals surface area contributed by atoms with Gasteiger partial charge in [0, 0.05) is 22.8 Å². The maximum atomic E-state index is 6.11. The van der Waals surface area contributed by atoms with Gasteiger partial charge in [0.15, 0.2) is 11.0 Å². The summed E-state index contributed by atoms with van der Waals surface area (Å²) in [5.41, 5.74) is 1.95. The Morgan fingerprint density at radius 1 is 1.08 bits per heavy atom. The number of aromatic nitrogens is 3. The molecule has 0 aliphatic heterocycles. The van der Waals surface area contributed by atoms with Crippen LogP contribution in [0.25, 0.3) is 11.4 Å². The number of nitrogens with zero attached hydrogens (tertiary/aromatic N) is 3. The molecule has 3 aromatic rings. The molecule has 0 aliphatic rings. The van der Waals surface area contributed by atoms with Gasteiger partial charge in [0.05, 0.1) is 12.7 Å². The molecule has 0 atom stereocenters. The molecule has 0 saturated heterocycles. The zero-order valence-electron chi connectivity index (χ0n) is 13.2. The number of benzene rings is 2. The lowest BCUT2D eigenvalue weighted by Gasteiger charge is -2.09. The van der Waals surface area contributed by atoms with E-state index in [0.717, 1.165) is 27.1 Å². The van der Waals surface area contributed by atoms with Crippen LogP contribution in [0, 0.1) is 0 Å². The second kappa shape index (κ2) is 7.47. The van der Waals surface area contributed by atoms with Crippen molar-refractivity contribution in [1.29, 1.82) is 0 Å².